The van der Waals surface area contributed by atoms with Crippen molar-refractivity contribution in [3.63, 3.8) is 0 Å². The highest BCUT2D eigenvalue weighted by Crippen LogP contribution is 2.35. The molecule has 5 heteroatoms. The van der Waals surface area contributed by atoms with Gasteiger partial charge in [-0.15, -0.1) is 4.91 Å². The van der Waals surface area contributed by atoms with Crippen LogP contribution < -0.4 is 0 Å². The summed E-state index contributed by atoms with van der Waals surface area (Å²) in [6, 6.07) is 44.5. The number of fused-ring (bicyclic) bond motifs is 2. The fraction of sp³-hybridized carbons (Fsp3) is 0. The Balaban J connectivity index is 1.45. The fourth-order valence-electron chi connectivity index (χ4n) is 5.06. The molecule has 0 N–H and O–H groups in total. The SMILES string of the molecule is O=Nc1ccc(-c2nc(-c3ccccc3)nc(-c3cc(-c4ccc5ccccc5c4)c4ccccc4c3)n2)cc1. The summed E-state index contributed by atoms with van der Waals surface area (Å²) in [5.74, 6) is 1.69. The first-order chi connectivity index (χ1) is 19.7. The summed E-state index contributed by atoms with van der Waals surface area (Å²) in [6.45, 7) is 0. The van der Waals surface area contributed by atoms with Crippen LogP contribution in [0.25, 0.3) is 66.8 Å². The largest absolute Gasteiger partial charge is 0.208 e. The molecule has 40 heavy (non-hydrogen) atoms. The van der Waals surface area contributed by atoms with E-state index in [4.69, 9.17) is 15.0 Å². The van der Waals surface area contributed by atoms with Crippen LogP contribution in [0.4, 0.5) is 5.69 Å². The molecular formula is C35H22N4O. The van der Waals surface area contributed by atoms with Crippen molar-refractivity contribution >= 4 is 27.2 Å². The lowest BCUT2D eigenvalue weighted by Gasteiger charge is -2.13. The van der Waals surface area contributed by atoms with E-state index < -0.39 is 0 Å². The Morgan fingerprint density at radius 1 is 0.425 bits per heavy atom. The van der Waals surface area contributed by atoms with E-state index in [0.717, 1.165) is 38.6 Å². The van der Waals surface area contributed by atoms with Gasteiger partial charge in [0.05, 0.1) is 0 Å². The molecule has 0 atom stereocenters. The maximum absolute atomic E-state index is 11.0. The molecular weight excluding hydrogens is 492 g/mol. The van der Waals surface area contributed by atoms with Crippen LogP contribution in [0.5, 0.6) is 0 Å². The van der Waals surface area contributed by atoms with Crippen molar-refractivity contribution < 1.29 is 0 Å². The quantitative estimate of drug-likeness (QED) is 0.215. The Morgan fingerprint density at radius 2 is 0.975 bits per heavy atom. The van der Waals surface area contributed by atoms with E-state index in [1.54, 1.807) is 12.1 Å². The molecule has 1 aromatic heterocycles. The molecule has 0 radical (unpaired) electrons. The van der Waals surface area contributed by atoms with Crippen LogP contribution in [0.2, 0.25) is 0 Å². The summed E-state index contributed by atoms with van der Waals surface area (Å²) in [7, 11) is 0. The second kappa shape index (κ2) is 9.97. The lowest BCUT2D eigenvalue weighted by atomic mass is 9.94. The number of rotatable bonds is 5. The minimum Gasteiger partial charge on any atom is -0.208 e. The van der Waals surface area contributed by atoms with Crippen molar-refractivity contribution in [3.05, 3.63) is 138 Å². The Bertz CT molecular complexity index is 2020. The Kier molecular flexibility index (Phi) is 5.87. The zero-order valence-corrected chi connectivity index (χ0v) is 21.4. The van der Waals surface area contributed by atoms with Crippen molar-refractivity contribution in [3.8, 4) is 45.3 Å². The van der Waals surface area contributed by atoms with Crippen LogP contribution in [0.3, 0.4) is 0 Å². The summed E-state index contributed by atoms with van der Waals surface area (Å²) in [5, 5.41) is 7.68. The molecule has 1 heterocycles. The van der Waals surface area contributed by atoms with Crippen LogP contribution in [0.15, 0.2) is 139 Å². The predicted molar refractivity (Wildman–Crippen MR) is 162 cm³/mol. The Labute approximate surface area is 230 Å². The number of hydrogen-bond acceptors (Lipinski definition) is 5. The average molecular weight is 515 g/mol. The number of aromatic nitrogens is 3. The van der Waals surface area contributed by atoms with Gasteiger partial charge in [0.15, 0.2) is 17.5 Å². The molecule has 5 nitrogen and oxygen atoms in total. The van der Waals surface area contributed by atoms with E-state index in [0.29, 0.717) is 23.2 Å². The molecule has 188 valence electrons. The highest BCUT2D eigenvalue weighted by atomic mass is 16.3. The van der Waals surface area contributed by atoms with E-state index in [1.165, 1.54) is 10.8 Å². The first-order valence-electron chi connectivity index (χ1n) is 13.0. The molecule has 0 aliphatic rings. The number of hydrogen-bond donors (Lipinski definition) is 0. The molecule has 0 aliphatic heterocycles. The smallest absolute Gasteiger partial charge is 0.164 e. The molecule has 7 aromatic rings. The summed E-state index contributed by atoms with van der Waals surface area (Å²) >= 11 is 0. The van der Waals surface area contributed by atoms with Gasteiger partial charge in [0.1, 0.15) is 5.69 Å². The van der Waals surface area contributed by atoms with E-state index in [1.807, 2.05) is 48.5 Å². The van der Waals surface area contributed by atoms with E-state index >= 15 is 0 Å². The van der Waals surface area contributed by atoms with Gasteiger partial charge in [-0.05, 0) is 80.3 Å². The minimum absolute atomic E-state index is 0.357. The molecule has 0 aliphatic carbocycles. The zero-order chi connectivity index (χ0) is 26.9. The van der Waals surface area contributed by atoms with Gasteiger partial charge in [0.2, 0.25) is 0 Å². The predicted octanol–water partition coefficient (Wildman–Crippen LogP) is 9.24. The van der Waals surface area contributed by atoms with E-state index in [-0.39, 0.29) is 0 Å². The van der Waals surface area contributed by atoms with Crippen molar-refractivity contribution in [2.75, 3.05) is 0 Å². The average Bonchev–Trinajstić information content (AvgIpc) is 3.04. The van der Waals surface area contributed by atoms with Gasteiger partial charge in [-0.3, -0.25) is 0 Å². The maximum atomic E-state index is 11.0. The third kappa shape index (κ3) is 4.40. The number of nitrogens with zero attached hydrogens (tertiary/aromatic N) is 4. The van der Waals surface area contributed by atoms with Crippen LogP contribution in [0, 0.1) is 4.91 Å². The van der Waals surface area contributed by atoms with Crippen molar-refractivity contribution in [1.82, 2.24) is 15.0 Å². The lowest BCUT2D eigenvalue weighted by Crippen LogP contribution is -2.00. The normalized spacial score (nSPS) is 11.1. The zero-order valence-electron chi connectivity index (χ0n) is 21.4. The molecule has 0 fully saturated rings. The van der Waals surface area contributed by atoms with Gasteiger partial charge in [-0.25, -0.2) is 15.0 Å². The van der Waals surface area contributed by atoms with Gasteiger partial charge < -0.3 is 0 Å². The van der Waals surface area contributed by atoms with Crippen LogP contribution in [0.1, 0.15) is 0 Å². The lowest BCUT2D eigenvalue weighted by molar-refractivity contribution is 1.07. The monoisotopic (exact) mass is 514 g/mol. The standard InChI is InChI=1S/C35H22N4O/c40-39-30-18-16-25(17-19-30)34-36-33(24-9-2-1-3-10-24)37-35(38-34)29-21-27-12-6-7-13-31(27)32(22-29)28-15-14-23-8-4-5-11-26(23)20-28/h1-22H. The first kappa shape index (κ1) is 23.6. The van der Waals surface area contributed by atoms with Crippen molar-refractivity contribution in [1.29, 1.82) is 0 Å². The molecule has 0 saturated heterocycles. The fourth-order valence-corrected chi connectivity index (χ4v) is 5.06. The summed E-state index contributed by atoms with van der Waals surface area (Å²) in [4.78, 5) is 25.6. The molecule has 0 amide bonds. The Hall–Kier alpha value is -5.55. The number of nitroso groups, excluding NO2 is 1. The summed E-state index contributed by atoms with van der Waals surface area (Å²) in [6.07, 6.45) is 0. The van der Waals surface area contributed by atoms with E-state index in [2.05, 4.69) is 78.0 Å². The molecule has 0 spiro atoms. The highest BCUT2D eigenvalue weighted by Gasteiger charge is 2.15. The number of benzene rings is 6. The van der Waals surface area contributed by atoms with Gasteiger partial charge in [-0.1, -0.05) is 91.0 Å². The first-order valence-corrected chi connectivity index (χ1v) is 13.0. The van der Waals surface area contributed by atoms with Crippen LogP contribution in [-0.2, 0) is 0 Å². The van der Waals surface area contributed by atoms with Gasteiger partial charge >= 0.3 is 0 Å². The second-order valence-corrected chi connectivity index (χ2v) is 9.62. The van der Waals surface area contributed by atoms with Crippen molar-refractivity contribution in [2.24, 2.45) is 5.18 Å². The Morgan fingerprint density at radius 3 is 1.70 bits per heavy atom. The minimum atomic E-state index is 0.357. The molecule has 6 aromatic carbocycles. The van der Waals surface area contributed by atoms with Gasteiger partial charge in [0, 0.05) is 16.7 Å². The van der Waals surface area contributed by atoms with Gasteiger partial charge in [-0.2, -0.15) is 0 Å². The van der Waals surface area contributed by atoms with Crippen molar-refractivity contribution in [2.45, 2.75) is 0 Å². The highest BCUT2D eigenvalue weighted by molar-refractivity contribution is 6.01. The van der Waals surface area contributed by atoms with Gasteiger partial charge in [0.25, 0.3) is 0 Å². The molecule has 0 unspecified atom stereocenters. The third-order valence-corrected chi connectivity index (χ3v) is 7.08. The third-order valence-electron chi connectivity index (χ3n) is 7.08. The topological polar surface area (TPSA) is 68.1 Å². The maximum Gasteiger partial charge on any atom is 0.164 e. The van der Waals surface area contributed by atoms with Crippen LogP contribution >= 0.6 is 0 Å². The molecule has 0 saturated carbocycles. The second-order valence-electron chi connectivity index (χ2n) is 9.62. The summed E-state index contributed by atoms with van der Waals surface area (Å²) < 4.78 is 0. The molecule has 7 rings (SSSR count). The summed E-state index contributed by atoms with van der Waals surface area (Å²) in [5.41, 5.74) is 5.18. The van der Waals surface area contributed by atoms with E-state index in [9.17, 15) is 4.91 Å². The molecule has 0 bridgehead atoms. The van der Waals surface area contributed by atoms with Crippen LogP contribution in [-0.4, -0.2) is 15.0 Å².